The number of aliphatic hydroxyl groups excluding tert-OH is 1. The minimum atomic E-state index is -0.555. The zero-order valence-corrected chi connectivity index (χ0v) is 10.7. The molecule has 0 saturated carbocycles. The van der Waals surface area contributed by atoms with Crippen molar-refractivity contribution >= 4 is 17.0 Å². The Bertz CT molecular complexity index is 581. The molecule has 5 heteroatoms. The molecule has 0 aliphatic rings. The summed E-state index contributed by atoms with van der Waals surface area (Å²) in [5.74, 6) is 0. The van der Waals surface area contributed by atoms with E-state index < -0.39 is 11.7 Å². The number of aliphatic hydroxyl groups is 1. The largest absolute Gasteiger partial charge is 0.442 e. The Hall–Kier alpha value is -1.88. The fourth-order valence-corrected chi connectivity index (χ4v) is 1.63. The Morgan fingerprint density at radius 3 is 2.78 bits per heavy atom. The lowest BCUT2D eigenvalue weighted by Gasteiger charge is -2.19. The molecule has 1 aromatic carbocycles. The summed E-state index contributed by atoms with van der Waals surface area (Å²) in [5, 5.41) is 13.9. The lowest BCUT2D eigenvalue weighted by atomic mass is 10.2. The quantitative estimate of drug-likeness (QED) is 0.841. The van der Waals surface area contributed by atoms with Crippen molar-refractivity contribution in [2.75, 3.05) is 0 Å². The Morgan fingerprint density at radius 2 is 2.17 bits per heavy atom. The summed E-state index contributed by atoms with van der Waals surface area (Å²) in [6, 6.07) is 5.30. The maximum atomic E-state index is 11.9. The molecule has 1 aromatic heterocycles. The van der Waals surface area contributed by atoms with Gasteiger partial charge in [0, 0.05) is 5.39 Å². The first-order valence-corrected chi connectivity index (χ1v) is 5.71. The number of aromatic nitrogens is 2. The number of hydrogen-bond donors (Lipinski definition) is 1. The first-order valence-electron chi connectivity index (χ1n) is 5.71. The molecular formula is C13H16N2O3. The van der Waals surface area contributed by atoms with E-state index in [9.17, 15) is 4.79 Å². The smallest absolute Gasteiger partial charge is 0.435 e. The Balaban J connectivity index is 2.38. The molecule has 0 fully saturated rings. The highest BCUT2D eigenvalue weighted by Crippen LogP contribution is 2.17. The summed E-state index contributed by atoms with van der Waals surface area (Å²) in [6.45, 7) is 5.38. The number of ether oxygens (including phenoxy) is 1. The molecule has 0 spiro atoms. The lowest BCUT2D eigenvalue weighted by Crippen LogP contribution is -2.27. The van der Waals surface area contributed by atoms with Gasteiger partial charge in [-0.1, -0.05) is 6.07 Å². The maximum absolute atomic E-state index is 11.9. The van der Waals surface area contributed by atoms with Crippen molar-refractivity contribution in [1.29, 1.82) is 0 Å². The minimum absolute atomic E-state index is 0.0342. The third kappa shape index (κ3) is 2.51. The van der Waals surface area contributed by atoms with Crippen molar-refractivity contribution < 1.29 is 14.6 Å². The molecule has 2 aromatic rings. The molecule has 0 amide bonds. The van der Waals surface area contributed by atoms with Gasteiger partial charge < -0.3 is 9.84 Å². The second-order valence-corrected chi connectivity index (χ2v) is 5.09. The van der Waals surface area contributed by atoms with Crippen LogP contribution in [0.2, 0.25) is 0 Å². The number of nitrogens with zero attached hydrogens (tertiary/aromatic N) is 2. The molecule has 1 N–H and O–H groups in total. The van der Waals surface area contributed by atoms with Gasteiger partial charge in [-0.05, 0) is 38.5 Å². The van der Waals surface area contributed by atoms with Gasteiger partial charge in [0.25, 0.3) is 0 Å². The average Bonchev–Trinajstić information content (AvgIpc) is 2.69. The van der Waals surface area contributed by atoms with Crippen molar-refractivity contribution in [2.45, 2.75) is 33.0 Å². The molecule has 2 rings (SSSR count). The Labute approximate surface area is 105 Å². The van der Waals surface area contributed by atoms with Crippen molar-refractivity contribution in [3.63, 3.8) is 0 Å². The molecular weight excluding hydrogens is 232 g/mol. The first kappa shape index (κ1) is 12.6. The van der Waals surface area contributed by atoms with Crippen molar-refractivity contribution in [3.05, 3.63) is 30.0 Å². The van der Waals surface area contributed by atoms with Crippen LogP contribution in [0.5, 0.6) is 0 Å². The monoisotopic (exact) mass is 248 g/mol. The third-order valence-electron chi connectivity index (χ3n) is 2.38. The SMILES string of the molecule is CC(C)(C)OC(=O)n1ncc2cc(CO)ccc21. The van der Waals surface area contributed by atoms with Gasteiger partial charge >= 0.3 is 6.09 Å². The molecule has 0 saturated heterocycles. The fraction of sp³-hybridized carbons (Fsp3) is 0.385. The van der Waals surface area contributed by atoms with Crippen LogP contribution in [0.25, 0.3) is 10.9 Å². The molecule has 1 heterocycles. The second-order valence-electron chi connectivity index (χ2n) is 5.09. The number of fused-ring (bicyclic) bond motifs is 1. The number of rotatable bonds is 1. The van der Waals surface area contributed by atoms with Crippen LogP contribution in [0.1, 0.15) is 26.3 Å². The van der Waals surface area contributed by atoms with Crippen LogP contribution in [-0.2, 0) is 11.3 Å². The van der Waals surface area contributed by atoms with E-state index in [1.54, 1.807) is 45.2 Å². The van der Waals surface area contributed by atoms with Gasteiger partial charge in [-0.25, -0.2) is 4.79 Å². The van der Waals surface area contributed by atoms with Crippen LogP contribution in [0.4, 0.5) is 4.79 Å². The second kappa shape index (κ2) is 4.42. The molecule has 0 bridgehead atoms. The molecule has 0 atom stereocenters. The molecule has 18 heavy (non-hydrogen) atoms. The maximum Gasteiger partial charge on any atom is 0.435 e. The topological polar surface area (TPSA) is 64.4 Å². The Kier molecular flexibility index (Phi) is 3.09. The van der Waals surface area contributed by atoms with Crippen LogP contribution in [0, 0.1) is 0 Å². The van der Waals surface area contributed by atoms with Crippen LogP contribution in [0.15, 0.2) is 24.4 Å². The fourth-order valence-electron chi connectivity index (χ4n) is 1.63. The predicted octanol–water partition coefficient (Wildman–Crippen LogP) is 2.31. The van der Waals surface area contributed by atoms with E-state index in [1.807, 2.05) is 0 Å². The minimum Gasteiger partial charge on any atom is -0.442 e. The van der Waals surface area contributed by atoms with E-state index in [0.29, 0.717) is 5.52 Å². The zero-order valence-electron chi connectivity index (χ0n) is 10.7. The van der Waals surface area contributed by atoms with Gasteiger partial charge in [0.1, 0.15) is 5.60 Å². The Morgan fingerprint density at radius 1 is 1.44 bits per heavy atom. The summed E-state index contributed by atoms with van der Waals surface area (Å²) >= 11 is 0. The predicted molar refractivity (Wildman–Crippen MR) is 67.3 cm³/mol. The van der Waals surface area contributed by atoms with E-state index in [2.05, 4.69) is 5.10 Å². The zero-order chi connectivity index (χ0) is 13.3. The molecule has 0 aliphatic heterocycles. The van der Waals surface area contributed by atoms with E-state index >= 15 is 0 Å². The highest BCUT2D eigenvalue weighted by atomic mass is 16.6. The summed E-state index contributed by atoms with van der Waals surface area (Å²) in [4.78, 5) is 11.9. The molecule has 0 aliphatic carbocycles. The summed E-state index contributed by atoms with van der Waals surface area (Å²) < 4.78 is 6.48. The van der Waals surface area contributed by atoms with E-state index in [0.717, 1.165) is 10.9 Å². The van der Waals surface area contributed by atoms with Crippen molar-refractivity contribution in [2.24, 2.45) is 0 Å². The highest BCUT2D eigenvalue weighted by molar-refractivity contribution is 5.88. The van der Waals surface area contributed by atoms with Crippen LogP contribution < -0.4 is 0 Å². The third-order valence-corrected chi connectivity index (χ3v) is 2.38. The summed E-state index contributed by atoms with van der Waals surface area (Å²) in [7, 11) is 0. The van der Waals surface area contributed by atoms with Gasteiger partial charge in [-0.2, -0.15) is 9.78 Å². The number of carbonyl (C=O) groups is 1. The van der Waals surface area contributed by atoms with Gasteiger partial charge in [-0.3, -0.25) is 0 Å². The molecule has 0 radical (unpaired) electrons. The lowest BCUT2D eigenvalue weighted by molar-refractivity contribution is 0.0523. The number of hydrogen-bond acceptors (Lipinski definition) is 4. The average molecular weight is 248 g/mol. The van der Waals surface area contributed by atoms with Gasteiger partial charge in [0.05, 0.1) is 18.3 Å². The van der Waals surface area contributed by atoms with Gasteiger partial charge in [-0.15, -0.1) is 0 Å². The molecule has 0 unspecified atom stereocenters. The molecule has 96 valence electrons. The van der Waals surface area contributed by atoms with E-state index in [-0.39, 0.29) is 6.61 Å². The number of benzene rings is 1. The van der Waals surface area contributed by atoms with Crippen LogP contribution in [-0.4, -0.2) is 26.6 Å². The summed E-state index contributed by atoms with van der Waals surface area (Å²) in [5.41, 5.74) is 0.896. The highest BCUT2D eigenvalue weighted by Gasteiger charge is 2.19. The molecule has 5 nitrogen and oxygen atoms in total. The van der Waals surface area contributed by atoms with Crippen molar-refractivity contribution in [3.8, 4) is 0 Å². The van der Waals surface area contributed by atoms with E-state index in [4.69, 9.17) is 9.84 Å². The van der Waals surface area contributed by atoms with E-state index in [1.165, 1.54) is 4.68 Å². The van der Waals surface area contributed by atoms with Crippen LogP contribution in [0.3, 0.4) is 0 Å². The van der Waals surface area contributed by atoms with Gasteiger partial charge in [0.15, 0.2) is 0 Å². The standard InChI is InChI=1S/C13H16N2O3/c1-13(2,3)18-12(17)15-11-5-4-9(8-16)6-10(11)7-14-15/h4-7,16H,8H2,1-3H3. The summed E-state index contributed by atoms with van der Waals surface area (Å²) in [6.07, 6.45) is 1.08. The first-order chi connectivity index (χ1) is 8.40. The van der Waals surface area contributed by atoms with Gasteiger partial charge in [0.2, 0.25) is 0 Å². The number of carbonyl (C=O) groups excluding carboxylic acids is 1. The van der Waals surface area contributed by atoms with Crippen molar-refractivity contribution in [1.82, 2.24) is 9.78 Å². The van der Waals surface area contributed by atoms with Crippen LogP contribution >= 0.6 is 0 Å². The normalized spacial score (nSPS) is 11.8.